The predicted molar refractivity (Wildman–Crippen MR) is 75.6 cm³/mol. The lowest BCUT2D eigenvalue weighted by atomic mass is 10.1. The maximum Gasteiger partial charge on any atom is 0.379 e. The van der Waals surface area contributed by atoms with Crippen LogP contribution in [0.4, 0.5) is 0 Å². The first-order valence-electron chi connectivity index (χ1n) is 6.75. The second kappa shape index (κ2) is 10.5. The Bertz CT molecular complexity index is 484. The van der Waals surface area contributed by atoms with Gasteiger partial charge in [-0.25, -0.2) is 4.79 Å². The van der Waals surface area contributed by atoms with Crippen molar-refractivity contribution in [2.24, 2.45) is 0 Å². The fourth-order valence-corrected chi connectivity index (χ4v) is 1.45. The molecule has 7 heteroatoms. The molecule has 1 aromatic rings. The van der Waals surface area contributed by atoms with Crippen LogP contribution in [0.25, 0.3) is 0 Å². The molecule has 0 atom stereocenters. The lowest BCUT2D eigenvalue weighted by Gasteiger charge is -2.06. The van der Waals surface area contributed by atoms with Gasteiger partial charge in [0.05, 0.1) is 32.8 Å². The highest BCUT2D eigenvalue weighted by Gasteiger charge is 2.16. The van der Waals surface area contributed by atoms with Gasteiger partial charge >= 0.3 is 11.9 Å². The number of carboxylic acid groups (broad SMARTS) is 1. The van der Waals surface area contributed by atoms with Crippen LogP contribution in [0.5, 0.6) is 0 Å². The van der Waals surface area contributed by atoms with Gasteiger partial charge in [0.25, 0.3) is 5.78 Å². The molecule has 0 fully saturated rings. The third kappa shape index (κ3) is 7.51. The molecule has 0 aliphatic rings. The van der Waals surface area contributed by atoms with E-state index in [1.54, 1.807) is 18.2 Å². The predicted octanol–water partition coefficient (Wildman–Crippen LogP) is 0.920. The Hall–Kier alpha value is -2.25. The average molecular weight is 310 g/mol. The van der Waals surface area contributed by atoms with Crippen molar-refractivity contribution in [3.05, 3.63) is 35.9 Å². The lowest BCUT2D eigenvalue weighted by Crippen LogP contribution is -2.20. The first kappa shape index (κ1) is 17.8. The molecule has 22 heavy (non-hydrogen) atoms. The van der Waals surface area contributed by atoms with Gasteiger partial charge in [0, 0.05) is 5.56 Å². The number of ether oxygens (including phenoxy) is 3. The highest BCUT2D eigenvalue weighted by atomic mass is 16.6. The Kier molecular flexibility index (Phi) is 8.47. The topological polar surface area (TPSA) is 99.1 Å². The van der Waals surface area contributed by atoms with Gasteiger partial charge in [-0.1, -0.05) is 30.3 Å². The van der Waals surface area contributed by atoms with Crippen LogP contribution in [0.2, 0.25) is 0 Å². The van der Waals surface area contributed by atoms with Crippen LogP contribution >= 0.6 is 0 Å². The van der Waals surface area contributed by atoms with Gasteiger partial charge in [-0.2, -0.15) is 0 Å². The fraction of sp³-hybridized carbons (Fsp3) is 0.400. The van der Waals surface area contributed by atoms with E-state index in [1.165, 1.54) is 12.1 Å². The molecule has 7 nitrogen and oxygen atoms in total. The van der Waals surface area contributed by atoms with Gasteiger partial charge in [-0.3, -0.25) is 9.59 Å². The van der Waals surface area contributed by atoms with Crippen LogP contribution < -0.4 is 0 Å². The van der Waals surface area contributed by atoms with E-state index in [2.05, 4.69) is 0 Å². The molecule has 0 aliphatic heterocycles. The summed E-state index contributed by atoms with van der Waals surface area (Å²) in [6.45, 7) is 0.732. The van der Waals surface area contributed by atoms with E-state index in [9.17, 15) is 14.4 Å². The van der Waals surface area contributed by atoms with Crippen LogP contribution in [0.15, 0.2) is 30.3 Å². The van der Waals surface area contributed by atoms with Crippen LogP contribution in [-0.2, 0) is 23.8 Å². The van der Waals surface area contributed by atoms with Crippen molar-refractivity contribution in [3.8, 4) is 0 Å². The normalized spacial score (nSPS) is 10.2. The maximum absolute atomic E-state index is 11.7. The average Bonchev–Trinajstić information content (AvgIpc) is 2.53. The van der Waals surface area contributed by atoms with Crippen molar-refractivity contribution in [3.63, 3.8) is 0 Å². The van der Waals surface area contributed by atoms with E-state index < -0.39 is 17.7 Å². The molecule has 1 N–H and O–H groups in total. The zero-order valence-electron chi connectivity index (χ0n) is 12.0. The Labute approximate surface area is 127 Å². The van der Waals surface area contributed by atoms with Crippen molar-refractivity contribution in [1.82, 2.24) is 0 Å². The van der Waals surface area contributed by atoms with Gasteiger partial charge in [0.2, 0.25) is 0 Å². The molecule has 0 bridgehead atoms. The molecule has 1 rings (SSSR count). The summed E-state index contributed by atoms with van der Waals surface area (Å²) in [5, 5.41) is 8.38. The third-order valence-electron chi connectivity index (χ3n) is 2.51. The second-order valence-electron chi connectivity index (χ2n) is 4.20. The summed E-state index contributed by atoms with van der Waals surface area (Å²) in [5.74, 6) is -2.54. The van der Waals surface area contributed by atoms with Gasteiger partial charge in [-0.05, 0) is 0 Å². The molecule has 120 valence electrons. The third-order valence-corrected chi connectivity index (χ3v) is 2.51. The van der Waals surface area contributed by atoms with Gasteiger partial charge in [-0.15, -0.1) is 0 Å². The van der Waals surface area contributed by atoms with Gasteiger partial charge in [0.1, 0.15) is 6.61 Å². The maximum atomic E-state index is 11.7. The number of hydrogen-bond acceptors (Lipinski definition) is 6. The Morgan fingerprint density at radius 1 is 0.864 bits per heavy atom. The summed E-state index contributed by atoms with van der Waals surface area (Å²) in [7, 11) is 0. The molecular formula is C15H18O7. The molecule has 0 saturated heterocycles. The van der Waals surface area contributed by atoms with Crippen LogP contribution in [0.3, 0.4) is 0 Å². The number of aliphatic carboxylic acids is 1. The zero-order valence-corrected chi connectivity index (χ0v) is 12.0. The highest BCUT2D eigenvalue weighted by Crippen LogP contribution is 2.01. The molecule has 0 unspecified atom stereocenters. The summed E-state index contributed by atoms with van der Waals surface area (Å²) in [6.07, 6.45) is -0.0563. The van der Waals surface area contributed by atoms with E-state index in [1.807, 2.05) is 0 Å². The molecule has 0 radical (unpaired) electrons. The minimum atomic E-state index is -0.924. The number of hydrogen-bond donors (Lipinski definition) is 1. The monoisotopic (exact) mass is 310 g/mol. The number of carbonyl (C=O) groups is 3. The molecular weight excluding hydrogens is 292 g/mol. The number of rotatable bonds is 11. The van der Waals surface area contributed by atoms with Crippen molar-refractivity contribution < 1.29 is 33.7 Å². The SMILES string of the molecule is O=C(O)CCOCCOCCOC(=O)C(=O)c1ccccc1. The Morgan fingerprint density at radius 3 is 2.09 bits per heavy atom. The van der Waals surface area contributed by atoms with Crippen molar-refractivity contribution in [2.45, 2.75) is 6.42 Å². The van der Waals surface area contributed by atoms with Crippen LogP contribution in [-0.4, -0.2) is 55.9 Å². The Balaban J connectivity index is 2.04. The molecule has 1 aromatic carbocycles. The fourth-order valence-electron chi connectivity index (χ4n) is 1.45. The van der Waals surface area contributed by atoms with E-state index >= 15 is 0 Å². The van der Waals surface area contributed by atoms with E-state index in [4.69, 9.17) is 19.3 Å². The number of Topliss-reactive ketones (excluding diaryl/α,β-unsaturated/α-hetero) is 1. The summed E-state index contributed by atoms with van der Waals surface area (Å²) >= 11 is 0. The molecule has 0 saturated carbocycles. The number of ketones is 1. The van der Waals surface area contributed by atoms with E-state index in [0.717, 1.165) is 0 Å². The van der Waals surface area contributed by atoms with E-state index in [-0.39, 0.29) is 45.0 Å². The summed E-state index contributed by atoms with van der Waals surface area (Å²) in [5.41, 5.74) is 0.278. The molecule has 0 spiro atoms. The zero-order chi connectivity index (χ0) is 16.2. The highest BCUT2D eigenvalue weighted by molar-refractivity contribution is 6.40. The largest absolute Gasteiger partial charge is 0.481 e. The molecule has 0 amide bonds. The summed E-state index contributed by atoms with van der Waals surface area (Å²) in [4.78, 5) is 33.3. The Morgan fingerprint density at radius 2 is 1.45 bits per heavy atom. The van der Waals surface area contributed by atoms with Crippen molar-refractivity contribution in [2.75, 3.05) is 33.0 Å². The molecule has 0 aromatic heterocycles. The van der Waals surface area contributed by atoms with Crippen molar-refractivity contribution >= 4 is 17.7 Å². The quantitative estimate of drug-likeness (QED) is 0.281. The lowest BCUT2D eigenvalue weighted by molar-refractivity contribution is -0.139. The minimum absolute atomic E-state index is 0.0352. The van der Waals surface area contributed by atoms with E-state index in [0.29, 0.717) is 0 Å². The molecule has 0 aliphatic carbocycles. The number of carbonyl (C=O) groups excluding carboxylic acids is 2. The smallest absolute Gasteiger partial charge is 0.379 e. The van der Waals surface area contributed by atoms with Crippen molar-refractivity contribution in [1.29, 1.82) is 0 Å². The molecule has 0 heterocycles. The number of carboxylic acids is 1. The summed E-state index contributed by atoms with van der Waals surface area (Å²) in [6, 6.07) is 8.14. The second-order valence-corrected chi connectivity index (χ2v) is 4.20. The van der Waals surface area contributed by atoms with Crippen LogP contribution in [0.1, 0.15) is 16.8 Å². The van der Waals surface area contributed by atoms with Crippen LogP contribution in [0, 0.1) is 0 Å². The van der Waals surface area contributed by atoms with Gasteiger partial charge < -0.3 is 19.3 Å². The van der Waals surface area contributed by atoms with Gasteiger partial charge in [0.15, 0.2) is 0 Å². The summed E-state index contributed by atoms with van der Waals surface area (Å²) < 4.78 is 14.9. The standard InChI is InChI=1S/C15H18O7/c16-13(17)6-7-20-8-9-21-10-11-22-15(19)14(18)12-4-2-1-3-5-12/h1-5H,6-11H2,(H,16,17). The number of benzene rings is 1. The first-order chi connectivity index (χ1) is 10.6. The minimum Gasteiger partial charge on any atom is -0.481 e. The first-order valence-corrected chi connectivity index (χ1v) is 6.75. The number of esters is 1.